The van der Waals surface area contributed by atoms with Gasteiger partial charge in [0, 0.05) is 12.8 Å². The molecule has 11 heteroatoms. The minimum Gasteiger partial charge on any atom is -0.462 e. The van der Waals surface area contributed by atoms with E-state index < -0.39 is 51.8 Å². The maximum Gasteiger partial charge on any atom is 0.472 e. The van der Waals surface area contributed by atoms with E-state index in [9.17, 15) is 24.2 Å². The second-order valence-corrected chi connectivity index (χ2v) is 14.0. The van der Waals surface area contributed by atoms with Crippen LogP contribution in [0.15, 0.2) is 72.9 Å². The Bertz CT molecular complexity index is 1100. The molecule has 0 aromatic carbocycles. The van der Waals surface area contributed by atoms with Gasteiger partial charge in [0.25, 0.3) is 0 Å². The zero-order chi connectivity index (χ0) is 38.4. The Hall–Kier alpha value is -2.59. The molecule has 0 radical (unpaired) electrons. The molecule has 0 aromatic heterocycles. The maximum absolute atomic E-state index is 12.6. The summed E-state index contributed by atoms with van der Waals surface area (Å²) in [5.74, 6) is -0.999. The number of rotatable bonds is 35. The van der Waals surface area contributed by atoms with Crippen LogP contribution in [0, 0.1) is 0 Å². The number of carbonyl (C=O) groups is 2. The lowest BCUT2D eigenvalue weighted by atomic mass is 10.1. The molecule has 0 aliphatic heterocycles. The van der Waals surface area contributed by atoms with Crippen molar-refractivity contribution in [3.8, 4) is 0 Å². The van der Waals surface area contributed by atoms with Gasteiger partial charge in [-0.3, -0.25) is 18.6 Å². The molecule has 1 unspecified atom stereocenters. The smallest absolute Gasteiger partial charge is 0.462 e. The van der Waals surface area contributed by atoms with Crippen LogP contribution in [0.3, 0.4) is 0 Å². The number of carbonyl (C=O) groups excluding carboxylic acids is 2. The van der Waals surface area contributed by atoms with Gasteiger partial charge in [-0.1, -0.05) is 119 Å². The number of ether oxygens (including phenoxy) is 2. The highest BCUT2D eigenvalue weighted by atomic mass is 31.2. The van der Waals surface area contributed by atoms with Gasteiger partial charge in [-0.2, -0.15) is 0 Å². The number of aliphatic hydroxyl groups excluding tert-OH is 2. The van der Waals surface area contributed by atoms with Gasteiger partial charge in [-0.05, 0) is 77.0 Å². The van der Waals surface area contributed by atoms with E-state index in [0.29, 0.717) is 12.8 Å². The average molecular weight is 753 g/mol. The number of hydrogen-bond donors (Lipinski definition) is 3. The Morgan fingerprint density at radius 2 is 1.06 bits per heavy atom. The summed E-state index contributed by atoms with van der Waals surface area (Å²) in [4.78, 5) is 34.8. The first-order valence-electron chi connectivity index (χ1n) is 19.4. The van der Waals surface area contributed by atoms with Gasteiger partial charge >= 0.3 is 19.8 Å². The van der Waals surface area contributed by atoms with Gasteiger partial charge in [0.1, 0.15) is 12.7 Å². The summed E-state index contributed by atoms with van der Waals surface area (Å²) >= 11 is 0. The second kappa shape index (κ2) is 36.8. The predicted molar refractivity (Wildman–Crippen MR) is 210 cm³/mol. The van der Waals surface area contributed by atoms with Gasteiger partial charge in [-0.25, -0.2) is 4.57 Å². The first-order chi connectivity index (χ1) is 25.2. The van der Waals surface area contributed by atoms with E-state index in [4.69, 9.17) is 19.1 Å². The molecule has 0 amide bonds. The van der Waals surface area contributed by atoms with Gasteiger partial charge in [-0.15, -0.1) is 0 Å². The zero-order valence-corrected chi connectivity index (χ0v) is 32.9. The van der Waals surface area contributed by atoms with Crippen LogP contribution in [0.1, 0.15) is 136 Å². The van der Waals surface area contributed by atoms with Gasteiger partial charge < -0.3 is 24.6 Å². The van der Waals surface area contributed by atoms with E-state index in [1.165, 1.54) is 12.8 Å². The summed E-state index contributed by atoms with van der Waals surface area (Å²) in [6.07, 6.45) is 40.2. The number of unbranched alkanes of at least 4 members (excludes halogenated alkanes) is 9. The minimum atomic E-state index is -4.63. The third-order valence-corrected chi connectivity index (χ3v) is 8.55. The number of allylic oxidation sites excluding steroid dienone is 12. The monoisotopic (exact) mass is 752 g/mol. The standard InChI is InChI=1S/C41H69O10P/c1-3-5-7-9-11-13-15-17-19-21-22-24-26-28-30-32-40(44)48-36-39(37-50-52(46,47)49-35-38(43)34-42)51-41(45)33-31-29-27-25-23-20-18-16-14-12-10-8-6-4-2/h5,7,10-13,16-19,22,24,38-39,42-43H,3-4,6,8-9,14-15,20-21,23,25-37H2,1-2H3,(H,46,47)/b7-5+,12-10+,13-11+,18-16+,19-17+,24-22+/t38-,39+/m0/s1. The highest BCUT2D eigenvalue weighted by Crippen LogP contribution is 2.43. The van der Waals surface area contributed by atoms with Crippen LogP contribution in [-0.4, -0.2) is 65.7 Å². The number of phosphoric ester groups is 1. The van der Waals surface area contributed by atoms with Crippen molar-refractivity contribution in [3.63, 3.8) is 0 Å². The predicted octanol–water partition coefficient (Wildman–Crippen LogP) is 9.72. The van der Waals surface area contributed by atoms with Crippen molar-refractivity contribution in [2.45, 2.75) is 148 Å². The molecule has 0 aliphatic carbocycles. The zero-order valence-electron chi connectivity index (χ0n) is 32.0. The van der Waals surface area contributed by atoms with Crippen molar-refractivity contribution in [3.05, 3.63) is 72.9 Å². The second-order valence-electron chi connectivity index (χ2n) is 12.6. The molecule has 0 fully saturated rings. The summed E-state index contributed by atoms with van der Waals surface area (Å²) in [7, 11) is -4.63. The minimum absolute atomic E-state index is 0.155. The van der Waals surface area contributed by atoms with E-state index >= 15 is 0 Å². The fourth-order valence-electron chi connectivity index (χ4n) is 4.59. The molecule has 0 bridgehead atoms. The van der Waals surface area contributed by atoms with Crippen molar-refractivity contribution >= 4 is 19.8 Å². The average Bonchev–Trinajstić information content (AvgIpc) is 3.13. The van der Waals surface area contributed by atoms with Crippen LogP contribution in [0.4, 0.5) is 0 Å². The molecule has 0 saturated heterocycles. The molecular formula is C41H69O10P. The van der Waals surface area contributed by atoms with Crippen LogP contribution in [-0.2, 0) is 32.7 Å². The van der Waals surface area contributed by atoms with E-state index in [0.717, 1.165) is 83.5 Å². The van der Waals surface area contributed by atoms with Gasteiger partial charge in [0.2, 0.25) is 0 Å². The molecule has 298 valence electrons. The molecule has 3 atom stereocenters. The summed E-state index contributed by atoms with van der Waals surface area (Å²) in [6, 6.07) is 0. The summed E-state index contributed by atoms with van der Waals surface area (Å²) in [6.45, 7) is 2.12. The first kappa shape index (κ1) is 49.4. The first-order valence-corrected chi connectivity index (χ1v) is 20.9. The Labute approximate surface area is 314 Å². The molecule has 0 aromatic rings. The summed E-state index contributed by atoms with van der Waals surface area (Å²) < 4.78 is 32.5. The van der Waals surface area contributed by atoms with E-state index in [1.807, 2.05) is 0 Å². The van der Waals surface area contributed by atoms with Crippen LogP contribution in [0.2, 0.25) is 0 Å². The van der Waals surface area contributed by atoms with Crippen molar-refractivity contribution < 1.29 is 47.8 Å². The van der Waals surface area contributed by atoms with Crippen LogP contribution in [0.25, 0.3) is 0 Å². The molecule has 0 spiro atoms. The summed E-state index contributed by atoms with van der Waals surface area (Å²) in [5, 5.41) is 18.3. The van der Waals surface area contributed by atoms with Crippen LogP contribution in [0.5, 0.6) is 0 Å². The van der Waals surface area contributed by atoms with Crippen molar-refractivity contribution in [2.75, 3.05) is 26.4 Å². The fraction of sp³-hybridized carbons (Fsp3) is 0.659. The topological polar surface area (TPSA) is 149 Å². The van der Waals surface area contributed by atoms with Crippen LogP contribution < -0.4 is 0 Å². The lowest BCUT2D eigenvalue weighted by Gasteiger charge is -2.20. The maximum atomic E-state index is 12.6. The Balaban J connectivity index is 4.47. The van der Waals surface area contributed by atoms with Crippen molar-refractivity contribution in [1.29, 1.82) is 0 Å². The Kier molecular flexibility index (Phi) is 34.9. The largest absolute Gasteiger partial charge is 0.472 e. The fourth-order valence-corrected chi connectivity index (χ4v) is 5.38. The third-order valence-electron chi connectivity index (χ3n) is 7.59. The van der Waals surface area contributed by atoms with Crippen LogP contribution >= 0.6 is 7.82 Å². The molecule has 0 heterocycles. The van der Waals surface area contributed by atoms with E-state index in [1.54, 1.807) is 0 Å². The number of aliphatic hydroxyl groups is 2. The molecule has 0 aliphatic rings. The van der Waals surface area contributed by atoms with Gasteiger partial charge in [0.15, 0.2) is 6.10 Å². The number of hydrogen-bond acceptors (Lipinski definition) is 9. The molecule has 52 heavy (non-hydrogen) atoms. The van der Waals surface area contributed by atoms with E-state index in [-0.39, 0.29) is 19.4 Å². The molecule has 0 saturated carbocycles. The third kappa shape index (κ3) is 35.8. The van der Waals surface area contributed by atoms with E-state index in [2.05, 4.69) is 91.3 Å². The number of phosphoric acid groups is 1. The Morgan fingerprint density at radius 1 is 0.596 bits per heavy atom. The lowest BCUT2D eigenvalue weighted by molar-refractivity contribution is -0.161. The molecule has 10 nitrogen and oxygen atoms in total. The SMILES string of the molecule is CC/C=C/C/C=C/C/C=C/C/C=C/CCCCC(=O)OC[C@H](COP(=O)(O)OC[C@@H](O)CO)OC(=O)CCCCCCC/C=C/C/C=C/CCCC. The molecular weight excluding hydrogens is 683 g/mol. The van der Waals surface area contributed by atoms with Crippen molar-refractivity contribution in [2.24, 2.45) is 0 Å². The molecule has 0 rings (SSSR count). The number of esters is 2. The normalized spacial score (nSPS) is 14.8. The highest BCUT2D eigenvalue weighted by Gasteiger charge is 2.27. The highest BCUT2D eigenvalue weighted by molar-refractivity contribution is 7.47. The lowest BCUT2D eigenvalue weighted by Crippen LogP contribution is -2.29. The van der Waals surface area contributed by atoms with Crippen molar-refractivity contribution in [1.82, 2.24) is 0 Å². The Morgan fingerprint density at radius 3 is 1.63 bits per heavy atom. The quantitative estimate of drug-likeness (QED) is 0.0247. The molecule has 3 N–H and O–H groups in total. The summed E-state index contributed by atoms with van der Waals surface area (Å²) in [5.41, 5.74) is 0. The van der Waals surface area contributed by atoms with Gasteiger partial charge in [0.05, 0.1) is 19.8 Å².